The Hall–Kier alpha value is -0.380. The van der Waals surface area contributed by atoms with Gasteiger partial charge in [0.2, 0.25) is 0 Å². The topological polar surface area (TPSA) is 24.1 Å². The molecule has 2 fully saturated rings. The molecule has 0 aromatic carbocycles. The third-order valence-electron chi connectivity index (χ3n) is 4.54. The van der Waals surface area contributed by atoms with Crippen LogP contribution in [0, 0.1) is 5.92 Å². The molecule has 2 nitrogen and oxygen atoms in total. The van der Waals surface area contributed by atoms with E-state index in [4.69, 9.17) is 0 Å². The number of nitrogens with one attached hydrogen (secondary N) is 2. The van der Waals surface area contributed by atoms with Crippen LogP contribution in [0.25, 0.3) is 0 Å². The SMILES string of the molecule is c1csc(CCNC2CCCC2C2CCCN2)c1. The second-order valence-corrected chi connectivity index (χ2v) is 6.72. The van der Waals surface area contributed by atoms with E-state index in [1.807, 2.05) is 11.3 Å². The molecule has 3 rings (SSSR count). The molecule has 0 bridgehead atoms. The Morgan fingerprint density at radius 3 is 3.06 bits per heavy atom. The summed E-state index contributed by atoms with van der Waals surface area (Å²) in [5.41, 5.74) is 0. The molecule has 0 spiro atoms. The lowest BCUT2D eigenvalue weighted by atomic mass is 9.93. The monoisotopic (exact) mass is 264 g/mol. The summed E-state index contributed by atoms with van der Waals surface area (Å²) in [4.78, 5) is 1.51. The molecule has 2 heterocycles. The molecule has 1 saturated heterocycles. The van der Waals surface area contributed by atoms with Crippen molar-refractivity contribution in [2.24, 2.45) is 5.92 Å². The van der Waals surface area contributed by atoms with Gasteiger partial charge in [-0.3, -0.25) is 0 Å². The second-order valence-electron chi connectivity index (χ2n) is 5.69. The van der Waals surface area contributed by atoms with Crippen molar-refractivity contribution in [3.63, 3.8) is 0 Å². The van der Waals surface area contributed by atoms with Gasteiger partial charge < -0.3 is 10.6 Å². The number of rotatable bonds is 5. The van der Waals surface area contributed by atoms with E-state index in [1.54, 1.807) is 0 Å². The van der Waals surface area contributed by atoms with Gasteiger partial charge in [0.15, 0.2) is 0 Å². The Labute approximate surface area is 114 Å². The molecule has 1 aliphatic carbocycles. The van der Waals surface area contributed by atoms with E-state index < -0.39 is 0 Å². The maximum absolute atomic E-state index is 3.81. The predicted octanol–water partition coefficient (Wildman–Crippen LogP) is 2.80. The summed E-state index contributed by atoms with van der Waals surface area (Å²) in [7, 11) is 0. The second kappa shape index (κ2) is 6.18. The molecule has 3 unspecified atom stereocenters. The van der Waals surface area contributed by atoms with Crippen molar-refractivity contribution in [1.29, 1.82) is 0 Å². The predicted molar refractivity (Wildman–Crippen MR) is 78.2 cm³/mol. The number of hydrogen-bond acceptors (Lipinski definition) is 3. The van der Waals surface area contributed by atoms with E-state index in [0.29, 0.717) is 0 Å². The quantitative estimate of drug-likeness (QED) is 0.854. The maximum Gasteiger partial charge on any atom is 0.0111 e. The fourth-order valence-electron chi connectivity index (χ4n) is 3.64. The molecule has 100 valence electrons. The van der Waals surface area contributed by atoms with Crippen LogP contribution in [0.3, 0.4) is 0 Å². The first kappa shape index (κ1) is 12.6. The van der Waals surface area contributed by atoms with Crippen molar-refractivity contribution in [3.05, 3.63) is 22.4 Å². The summed E-state index contributed by atoms with van der Waals surface area (Å²) in [6.45, 7) is 2.39. The lowest BCUT2D eigenvalue weighted by Crippen LogP contribution is -2.42. The molecule has 1 aromatic heterocycles. The highest BCUT2D eigenvalue weighted by atomic mass is 32.1. The standard InChI is InChI=1S/C15H24N2S/c1-5-13(15-7-2-9-16-15)14(6-1)17-10-8-12-4-3-11-18-12/h3-4,11,13-17H,1-2,5-10H2. The van der Waals surface area contributed by atoms with Gasteiger partial charge in [-0.15, -0.1) is 11.3 Å². The van der Waals surface area contributed by atoms with Gasteiger partial charge in [-0.05, 0) is 56.0 Å². The first-order chi connectivity index (χ1) is 8.93. The summed E-state index contributed by atoms with van der Waals surface area (Å²) in [5.74, 6) is 0.885. The largest absolute Gasteiger partial charge is 0.314 e. The number of hydrogen-bond donors (Lipinski definition) is 2. The molecule has 18 heavy (non-hydrogen) atoms. The molecular formula is C15H24N2S. The van der Waals surface area contributed by atoms with Crippen molar-refractivity contribution in [2.45, 2.75) is 50.6 Å². The van der Waals surface area contributed by atoms with Gasteiger partial charge in [-0.2, -0.15) is 0 Å². The normalized spacial score (nSPS) is 32.1. The molecule has 2 aliphatic rings. The summed E-state index contributed by atoms with van der Waals surface area (Å²) in [6, 6.07) is 5.96. The first-order valence-corrected chi connectivity index (χ1v) is 8.30. The molecule has 0 amide bonds. The minimum Gasteiger partial charge on any atom is -0.314 e. The smallest absolute Gasteiger partial charge is 0.0111 e. The maximum atomic E-state index is 3.81. The third kappa shape index (κ3) is 2.95. The zero-order valence-electron chi connectivity index (χ0n) is 11.0. The van der Waals surface area contributed by atoms with Gasteiger partial charge in [-0.1, -0.05) is 12.5 Å². The Morgan fingerprint density at radius 2 is 2.28 bits per heavy atom. The van der Waals surface area contributed by atoms with E-state index in [2.05, 4.69) is 28.1 Å². The molecule has 3 heteroatoms. The Balaban J connectivity index is 1.46. The van der Waals surface area contributed by atoms with Crippen LogP contribution in [0.5, 0.6) is 0 Å². The summed E-state index contributed by atoms with van der Waals surface area (Å²) in [6.07, 6.45) is 8.19. The lowest BCUT2D eigenvalue weighted by Gasteiger charge is -2.26. The van der Waals surface area contributed by atoms with Gasteiger partial charge in [0.25, 0.3) is 0 Å². The summed E-state index contributed by atoms with van der Waals surface area (Å²) >= 11 is 1.88. The highest BCUT2D eigenvalue weighted by molar-refractivity contribution is 7.09. The van der Waals surface area contributed by atoms with Gasteiger partial charge in [0, 0.05) is 23.5 Å². The van der Waals surface area contributed by atoms with Crippen molar-refractivity contribution in [2.75, 3.05) is 13.1 Å². The van der Waals surface area contributed by atoms with Crippen LogP contribution in [-0.4, -0.2) is 25.2 Å². The number of thiophene rings is 1. The third-order valence-corrected chi connectivity index (χ3v) is 5.48. The minimum atomic E-state index is 0.764. The molecule has 0 radical (unpaired) electrons. The highest BCUT2D eigenvalue weighted by Gasteiger charge is 2.34. The molecule has 1 aromatic rings. The van der Waals surface area contributed by atoms with Crippen LogP contribution in [0.1, 0.15) is 37.0 Å². The van der Waals surface area contributed by atoms with E-state index in [1.165, 1.54) is 49.9 Å². The molecule has 2 N–H and O–H groups in total. The van der Waals surface area contributed by atoms with Crippen LogP contribution >= 0.6 is 11.3 Å². The molecular weight excluding hydrogens is 240 g/mol. The van der Waals surface area contributed by atoms with Gasteiger partial charge >= 0.3 is 0 Å². The van der Waals surface area contributed by atoms with Crippen LogP contribution < -0.4 is 10.6 Å². The summed E-state index contributed by atoms with van der Waals surface area (Å²) in [5, 5.41) is 9.68. The van der Waals surface area contributed by atoms with Gasteiger partial charge in [0.1, 0.15) is 0 Å². The molecule has 1 saturated carbocycles. The van der Waals surface area contributed by atoms with Crippen molar-refractivity contribution >= 4 is 11.3 Å². The van der Waals surface area contributed by atoms with Crippen LogP contribution in [0.2, 0.25) is 0 Å². The van der Waals surface area contributed by atoms with Gasteiger partial charge in [0.05, 0.1) is 0 Å². The Morgan fingerprint density at radius 1 is 1.28 bits per heavy atom. The van der Waals surface area contributed by atoms with E-state index in [-0.39, 0.29) is 0 Å². The summed E-state index contributed by atoms with van der Waals surface area (Å²) < 4.78 is 0. The highest BCUT2D eigenvalue weighted by Crippen LogP contribution is 2.31. The van der Waals surface area contributed by atoms with Crippen molar-refractivity contribution < 1.29 is 0 Å². The molecule has 1 aliphatic heterocycles. The average molecular weight is 264 g/mol. The lowest BCUT2D eigenvalue weighted by molar-refractivity contribution is 0.322. The van der Waals surface area contributed by atoms with Crippen molar-refractivity contribution in [1.82, 2.24) is 10.6 Å². The van der Waals surface area contributed by atoms with Crippen LogP contribution in [0.15, 0.2) is 17.5 Å². The Bertz CT molecular complexity index is 343. The fourth-order valence-corrected chi connectivity index (χ4v) is 4.35. The zero-order chi connectivity index (χ0) is 12.2. The fraction of sp³-hybridized carbons (Fsp3) is 0.733. The average Bonchev–Trinajstić information content (AvgIpc) is 3.12. The van der Waals surface area contributed by atoms with Crippen LogP contribution in [0.4, 0.5) is 0 Å². The van der Waals surface area contributed by atoms with E-state index in [0.717, 1.165) is 24.5 Å². The zero-order valence-corrected chi connectivity index (χ0v) is 11.8. The Kier molecular flexibility index (Phi) is 4.34. The van der Waals surface area contributed by atoms with E-state index in [9.17, 15) is 0 Å². The van der Waals surface area contributed by atoms with E-state index >= 15 is 0 Å². The van der Waals surface area contributed by atoms with Crippen molar-refractivity contribution in [3.8, 4) is 0 Å². The molecule has 3 atom stereocenters. The minimum absolute atomic E-state index is 0.764. The first-order valence-electron chi connectivity index (χ1n) is 7.42. The van der Waals surface area contributed by atoms with Gasteiger partial charge in [-0.25, -0.2) is 0 Å². The van der Waals surface area contributed by atoms with Crippen LogP contribution in [-0.2, 0) is 6.42 Å².